The van der Waals surface area contributed by atoms with Crippen molar-refractivity contribution in [2.75, 3.05) is 23.3 Å². The summed E-state index contributed by atoms with van der Waals surface area (Å²) in [5.74, 6) is -0.443. The van der Waals surface area contributed by atoms with E-state index in [1.807, 2.05) is 17.0 Å². The van der Waals surface area contributed by atoms with Crippen LogP contribution in [0.5, 0.6) is 0 Å². The molecule has 0 spiro atoms. The van der Waals surface area contributed by atoms with E-state index >= 15 is 0 Å². The topological polar surface area (TPSA) is 88.4 Å². The van der Waals surface area contributed by atoms with Crippen LogP contribution in [0.3, 0.4) is 0 Å². The van der Waals surface area contributed by atoms with Gasteiger partial charge in [-0.25, -0.2) is 4.98 Å². The molecule has 1 aliphatic rings. The fraction of sp³-hybridized carbons (Fsp3) is 0.222. The van der Waals surface area contributed by atoms with E-state index in [1.54, 1.807) is 18.2 Å². The average Bonchev–Trinajstić information content (AvgIpc) is 3.31. The summed E-state index contributed by atoms with van der Waals surface area (Å²) in [6.45, 7) is 1.58. The summed E-state index contributed by atoms with van der Waals surface area (Å²) in [6.07, 6.45) is 2.03. The molecule has 0 aliphatic carbocycles. The number of benzene rings is 2. The van der Waals surface area contributed by atoms with Crippen LogP contribution in [-0.4, -0.2) is 28.9 Å². The van der Waals surface area contributed by atoms with Crippen LogP contribution in [0.15, 0.2) is 36.4 Å². The van der Waals surface area contributed by atoms with Crippen LogP contribution in [-0.2, 0) is 0 Å². The Morgan fingerprint density at radius 2 is 2.04 bits per heavy atom. The van der Waals surface area contributed by atoms with Crippen molar-refractivity contribution in [1.82, 2.24) is 4.98 Å². The van der Waals surface area contributed by atoms with Crippen LogP contribution in [0.1, 0.15) is 23.2 Å². The number of hydrogen-bond donors (Lipinski definition) is 1. The second-order valence-corrected chi connectivity index (χ2v) is 7.65. The minimum Gasteiger partial charge on any atom is -0.366 e. The van der Waals surface area contributed by atoms with Crippen LogP contribution in [0.2, 0.25) is 5.02 Å². The normalized spacial score (nSPS) is 13.9. The van der Waals surface area contributed by atoms with E-state index in [-0.39, 0.29) is 11.3 Å². The summed E-state index contributed by atoms with van der Waals surface area (Å²) in [4.78, 5) is 29.9. The largest absolute Gasteiger partial charge is 0.366 e. The van der Waals surface area contributed by atoms with Gasteiger partial charge in [-0.2, -0.15) is 0 Å². The first-order chi connectivity index (χ1) is 13.0. The monoisotopic (exact) mass is 402 g/mol. The maximum atomic E-state index is 12.6. The van der Waals surface area contributed by atoms with Gasteiger partial charge in [-0.1, -0.05) is 29.0 Å². The van der Waals surface area contributed by atoms with Crippen molar-refractivity contribution < 1.29 is 9.72 Å². The lowest BCUT2D eigenvalue weighted by molar-refractivity contribution is -0.384. The highest BCUT2D eigenvalue weighted by atomic mass is 35.5. The number of halogens is 1. The van der Waals surface area contributed by atoms with Crippen molar-refractivity contribution in [2.45, 2.75) is 12.8 Å². The Morgan fingerprint density at radius 1 is 1.26 bits per heavy atom. The summed E-state index contributed by atoms with van der Waals surface area (Å²) < 4.78 is 0.855. The second-order valence-electron chi connectivity index (χ2n) is 6.21. The number of hydrogen-bond acceptors (Lipinski definition) is 6. The number of rotatable bonds is 4. The molecule has 1 N–H and O–H groups in total. The lowest BCUT2D eigenvalue weighted by Gasteiger charge is -2.17. The number of nitrogens with one attached hydrogen (secondary N) is 1. The van der Waals surface area contributed by atoms with Gasteiger partial charge in [-0.15, -0.1) is 0 Å². The van der Waals surface area contributed by atoms with E-state index in [2.05, 4.69) is 10.3 Å². The van der Waals surface area contributed by atoms with Gasteiger partial charge in [0.25, 0.3) is 11.6 Å². The van der Waals surface area contributed by atoms with E-state index in [0.717, 1.165) is 30.6 Å². The first-order valence-corrected chi connectivity index (χ1v) is 9.62. The van der Waals surface area contributed by atoms with Gasteiger partial charge in [0.2, 0.25) is 0 Å². The number of carbonyl (C=O) groups excluding carboxylic acids is 1. The number of anilines is 2. The number of thiazole rings is 1. The molecule has 1 fully saturated rings. The molecule has 4 rings (SSSR count). The number of amides is 1. The Labute approximate surface area is 163 Å². The molecule has 0 atom stereocenters. The molecule has 9 heteroatoms. The van der Waals surface area contributed by atoms with Crippen molar-refractivity contribution >= 4 is 55.6 Å². The van der Waals surface area contributed by atoms with Crippen LogP contribution >= 0.6 is 22.9 Å². The molecule has 27 heavy (non-hydrogen) atoms. The lowest BCUT2D eigenvalue weighted by Crippen LogP contribution is -2.19. The zero-order chi connectivity index (χ0) is 19.0. The summed E-state index contributed by atoms with van der Waals surface area (Å²) in [5, 5.41) is 15.1. The Morgan fingerprint density at radius 3 is 2.74 bits per heavy atom. The van der Waals surface area contributed by atoms with Crippen molar-refractivity contribution in [1.29, 1.82) is 0 Å². The highest BCUT2D eigenvalue weighted by Crippen LogP contribution is 2.33. The van der Waals surface area contributed by atoms with Crippen LogP contribution in [0.4, 0.5) is 16.5 Å². The minimum absolute atomic E-state index is 0.0584. The maximum Gasteiger partial charge on any atom is 0.293 e. The molecule has 138 valence electrons. The molecule has 0 saturated carbocycles. The van der Waals surface area contributed by atoms with E-state index < -0.39 is 10.8 Å². The molecule has 0 radical (unpaired) electrons. The molecule has 1 saturated heterocycles. The Bertz CT molecular complexity index is 1050. The van der Waals surface area contributed by atoms with Gasteiger partial charge < -0.3 is 4.90 Å². The highest BCUT2D eigenvalue weighted by molar-refractivity contribution is 7.22. The van der Waals surface area contributed by atoms with Gasteiger partial charge in [0, 0.05) is 24.7 Å². The summed E-state index contributed by atoms with van der Waals surface area (Å²) in [5.41, 5.74) is 1.34. The molecule has 7 nitrogen and oxygen atoms in total. The molecule has 0 unspecified atom stereocenters. The smallest absolute Gasteiger partial charge is 0.293 e. The first-order valence-electron chi connectivity index (χ1n) is 8.43. The van der Waals surface area contributed by atoms with Crippen LogP contribution < -0.4 is 10.2 Å². The summed E-state index contributed by atoms with van der Waals surface area (Å²) in [6, 6.07) is 9.99. The average molecular weight is 403 g/mol. The summed E-state index contributed by atoms with van der Waals surface area (Å²) >= 11 is 7.41. The number of nitro benzene ring substituents is 1. The molecule has 3 aromatic rings. The number of nitro groups is 1. The molecule has 2 heterocycles. The number of nitrogens with zero attached hydrogens (tertiary/aromatic N) is 3. The number of fused-ring (bicyclic) bond motifs is 1. The first kappa shape index (κ1) is 17.7. The molecule has 0 bridgehead atoms. The van der Waals surface area contributed by atoms with Crippen LogP contribution in [0, 0.1) is 10.1 Å². The highest BCUT2D eigenvalue weighted by Gasteiger charge is 2.24. The standard InChI is InChI=1S/C18H15ClN4O3S/c19-12-4-3-5-15-16(12)20-18(27-15)21-17(24)11-6-7-13(14(10-11)23(25)26)22-8-1-2-9-22/h3-7,10H,1-2,8-9H2,(H,20,21,24). The van der Waals surface area contributed by atoms with E-state index in [9.17, 15) is 14.9 Å². The molecule has 1 aliphatic heterocycles. The number of aromatic nitrogens is 1. The predicted molar refractivity (Wildman–Crippen MR) is 107 cm³/mol. The third-order valence-electron chi connectivity index (χ3n) is 4.47. The third kappa shape index (κ3) is 3.45. The minimum atomic E-state index is -0.443. The van der Waals surface area contributed by atoms with E-state index in [0.29, 0.717) is 21.4 Å². The van der Waals surface area contributed by atoms with Gasteiger partial charge in [-0.3, -0.25) is 20.2 Å². The lowest BCUT2D eigenvalue weighted by atomic mass is 10.1. The second kappa shape index (κ2) is 7.13. The van der Waals surface area contributed by atoms with Gasteiger partial charge in [0.1, 0.15) is 11.2 Å². The SMILES string of the molecule is O=C(Nc1nc2c(Cl)cccc2s1)c1ccc(N2CCCC2)c([N+](=O)[O-])c1. The van der Waals surface area contributed by atoms with Crippen LogP contribution in [0.25, 0.3) is 10.2 Å². The Balaban J connectivity index is 1.61. The van der Waals surface area contributed by atoms with Gasteiger partial charge in [0.15, 0.2) is 5.13 Å². The van der Waals surface area contributed by atoms with Crippen molar-refractivity contribution in [3.8, 4) is 0 Å². The van der Waals surface area contributed by atoms with Crippen molar-refractivity contribution in [3.63, 3.8) is 0 Å². The zero-order valence-electron chi connectivity index (χ0n) is 14.1. The number of para-hydroxylation sites is 1. The number of carbonyl (C=O) groups is 1. The van der Waals surface area contributed by atoms with E-state index in [4.69, 9.17) is 11.6 Å². The van der Waals surface area contributed by atoms with Gasteiger partial charge >= 0.3 is 0 Å². The third-order valence-corrected chi connectivity index (χ3v) is 5.71. The molecule has 1 amide bonds. The quantitative estimate of drug-likeness (QED) is 0.504. The molecular weight excluding hydrogens is 388 g/mol. The van der Waals surface area contributed by atoms with Crippen molar-refractivity contribution in [3.05, 3.63) is 57.1 Å². The van der Waals surface area contributed by atoms with Gasteiger partial charge in [-0.05, 0) is 37.1 Å². The fourth-order valence-electron chi connectivity index (χ4n) is 3.17. The molecule has 1 aromatic heterocycles. The van der Waals surface area contributed by atoms with Gasteiger partial charge in [0.05, 0.1) is 14.6 Å². The predicted octanol–water partition coefficient (Wildman–Crippen LogP) is 4.71. The maximum absolute atomic E-state index is 12.6. The van der Waals surface area contributed by atoms with Crippen molar-refractivity contribution in [2.24, 2.45) is 0 Å². The summed E-state index contributed by atoms with van der Waals surface area (Å²) in [7, 11) is 0. The molecule has 2 aromatic carbocycles. The Kier molecular flexibility index (Phi) is 4.67. The molecular formula is C18H15ClN4O3S. The van der Waals surface area contributed by atoms with E-state index in [1.165, 1.54) is 17.4 Å². The fourth-order valence-corrected chi connectivity index (χ4v) is 4.33. The zero-order valence-corrected chi connectivity index (χ0v) is 15.7. The Hall–Kier alpha value is -2.71.